The van der Waals surface area contributed by atoms with Crippen LogP contribution in [0.3, 0.4) is 0 Å². The van der Waals surface area contributed by atoms with E-state index in [4.69, 9.17) is 0 Å². The number of amides is 1. The van der Waals surface area contributed by atoms with E-state index in [0.29, 0.717) is 12.0 Å². The van der Waals surface area contributed by atoms with Crippen molar-refractivity contribution in [2.75, 3.05) is 13.1 Å². The zero-order chi connectivity index (χ0) is 18.3. The Balaban J connectivity index is 1.23. The van der Waals surface area contributed by atoms with Gasteiger partial charge in [-0.05, 0) is 48.6 Å². The fourth-order valence-electron chi connectivity index (χ4n) is 5.34. The van der Waals surface area contributed by atoms with Crippen LogP contribution in [0.5, 0.6) is 0 Å². The van der Waals surface area contributed by atoms with Gasteiger partial charge in [0.2, 0.25) is 5.91 Å². The normalized spacial score (nSPS) is 28.7. The average molecular weight is 361 g/mol. The summed E-state index contributed by atoms with van der Waals surface area (Å²) in [6.07, 6.45) is 4.37. The molecule has 2 aliphatic carbocycles. The monoisotopic (exact) mass is 360 g/mol. The summed E-state index contributed by atoms with van der Waals surface area (Å²) in [7, 11) is 0. The van der Waals surface area contributed by atoms with Crippen LogP contribution >= 0.6 is 0 Å². The molecule has 1 saturated heterocycles. The molecule has 3 nitrogen and oxygen atoms in total. The van der Waals surface area contributed by atoms with Gasteiger partial charge in [0.1, 0.15) is 0 Å². The quantitative estimate of drug-likeness (QED) is 0.881. The topological polar surface area (TPSA) is 32.3 Å². The predicted octanol–water partition coefficient (Wildman–Crippen LogP) is 3.75. The van der Waals surface area contributed by atoms with Crippen LogP contribution in [0.25, 0.3) is 0 Å². The second kappa shape index (κ2) is 6.79. The zero-order valence-corrected chi connectivity index (χ0v) is 15.8. The molecule has 3 fully saturated rings. The minimum Gasteiger partial charge on any atom is -0.352 e. The van der Waals surface area contributed by atoms with Crippen molar-refractivity contribution < 1.29 is 4.79 Å². The van der Waals surface area contributed by atoms with E-state index in [1.54, 1.807) is 0 Å². The second-order valence-corrected chi connectivity index (χ2v) is 8.71. The number of benzene rings is 2. The fourth-order valence-corrected chi connectivity index (χ4v) is 5.34. The second-order valence-electron chi connectivity index (χ2n) is 8.71. The molecule has 1 heterocycles. The minimum absolute atomic E-state index is 0.248. The number of nitrogens with one attached hydrogen (secondary N) is 1. The molecular formula is C24H28N2O. The van der Waals surface area contributed by atoms with E-state index in [1.807, 2.05) is 18.2 Å². The Morgan fingerprint density at radius 1 is 0.963 bits per heavy atom. The molecule has 1 amide bonds. The highest BCUT2D eigenvalue weighted by Gasteiger charge is 2.53. The summed E-state index contributed by atoms with van der Waals surface area (Å²) in [4.78, 5) is 15.7. The first-order valence-corrected chi connectivity index (χ1v) is 10.4. The number of fused-ring (bicyclic) bond motifs is 1. The summed E-state index contributed by atoms with van der Waals surface area (Å²) >= 11 is 0. The molecule has 1 N–H and O–H groups in total. The number of likely N-dealkylation sites (tertiary alicyclic amines) is 1. The number of nitrogens with zero attached hydrogens (tertiary/aromatic N) is 1. The van der Waals surface area contributed by atoms with E-state index in [-0.39, 0.29) is 11.3 Å². The van der Waals surface area contributed by atoms with Crippen LogP contribution in [0.2, 0.25) is 0 Å². The predicted molar refractivity (Wildman–Crippen MR) is 107 cm³/mol. The summed E-state index contributed by atoms with van der Waals surface area (Å²) in [6.45, 7) is 3.32. The molecular weight excluding hydrogens is 332 g/mol. The maximum atomic E-state index is 13.1. The number of hydrogen-bond donors (Lipinski definition) is 1. The Morgan fingerprint density at radius 3 is 2.37 bits per heavy atom. The summed E-state index contributed by atoms with van der Waals surface area (Å²) < 4.78 is 0. The third kappa shape index (κ3) is 3.19. The lowest BCUT2D eigenvalue weighted by Gasteiger charge is -2.24. The van der Waals surface area contributed by atoms with E-state index >= 15 is 0 Å². The molecule has 140 valence electrons. The van der Waals surface area contributed by atoms with Crippen LogP contribution < -0.4 is 5.32 Å². The molecule has 0 bridgehead atoms. The Labute approximate surface area is 161 Å². The van der Waals surface area contributed by atoms with Crippen LogP contribution in [-0.4, -0.2) is 29.9 Å². The molecule has 27 heavy (non-hydrogen) atoms. The molecule has 3 aliphatic rings. The molecule has 1 aliphatic heterocycles. The van der Waals surface area contributed by atoms with E-state index in [2.05, 4.69) is 52.7 Å². The van der Waals surface area contributed by atoms with Crippen molar-refractivity contribution in [3.05, 3.63) is 71.8 Å². The maximum absolute atomic E-state index is 13.1. The van der Waals surface area contributed by atoms with Crippen molar-refractivity contribution in [1.29, 1.82) is 0 Å². The van der Waals surface area contributed by atoms with Gasteiger partial charge in [-0.2, -0.15) is 0 Å². The summed E-state index contributed by atoms with van der Waals surface area (Å²) in [5.74, 6) is 1.62. The molecule has 0 radical (unpaired) electrons. The van der Waals surface area contributed by atoms with Crippen LogP contribution in [0, 0.1) is 11.8 Å². The van der Waals surface area contributed by atoms with E-state index in [9.17, 15) is 4.79 Å². The van der Waals surface area contributed by atoms with Crippen molar-refractivity contribution in [2.45, 2.75) is 43.7 Å². The fraction of sp³-hybridized carbons (Fsp3) is 0.458. The van der Waals surface area contributed by atoms with E-state index in [0.717, 1.165) is 38.3 Å². The number of carbonyl (C=O) groups excluding carboxylic acids is 1. The molecule has 2 saturated carbocycles. The maximum Gasteiger partial charge on any atom is 0.230 e. The smallest absolute Gasteiger partial charge is 0.230 e. The van der Waals surface area contributed by atoms with Crippen molar-refractivity contribution >= 4 is 5.91 Å². The number of carbonyl (C=O) groups is 1. The minimum atomic E-state index is -0.248. The van der Waals surface area contributed by atoms with Crippen LogP contribution in [0.4, 0.5) is 0 Å². The van der Waals surface area contributed by atoms with E-state index < -0.39 is 0 Å². The third-order valence-corrected chi connectivity index (χ3v) is 7.01. The Morgan fingerprint density at radius 2 is 1.67 bits per heavy atom. The van der Waals surface area contributed by atoms with Gasteiger partial charge in [-0.25, -0.2) is 0 Å². The highest BCUT2D eigenvalue weighted by Crippen LogP contribution is 2.49. The Bertz CT molecular complexity index is 800. The van der Waals surface area contributed by atoms with Crippen LogP contribution in [-0.2, 0) is 16.8 Å². The lowest BCUT2D eigenvalue weighted by Crippen LogP contribution is -2.44. The summed E-state index contributed by atoms with van der Waals surface area (Å²) in [5.41, 5.74) is 2.33. The van der Waals surface area contributed by atoms with Crippen molar-refractivity contribution in [2.24, 2.45) is 11.8 Å². The molecule has 2 aromatic carbocycles. The summed E-state index contributed by atoms with van der Waals surface area (Å²) in [6, 6.07) is 21.4. The largest absolute Gasteiger partial charge is 0.352 e. The first-order valence-electron chi connectivity index (χ1n) is 10.4. The Hall–Kier alpha value is -2.13. The van der Waals surface area contributed by atoms with Gasteiger partial charge in [0, 0.05) is 25.7 Å². The van der Waals surface area contributed by atoms with E-state index in [1.165, 1.54) is 24.1 Å². The van der Waals surface area contributed by atoms with Gasteiger partial charge in [0.15, 0.2) is 0 Å². The Kier molecular flexibility index (Phi) is 4.28. The van der Waals surface area contributed by atoms with Crippen LogP contribution in [0.1, 0.15) is 36.8 Å². The van der Waals surface area contributed by atoms with Gasteiger partial charge >= 0.3 is 0 Å². The van der Waals surface area contributed by atoms with Gasteiger partial charge < -0.3 is 5.32 Å². The third-order valence-electron chi connectivity index (χ3n) is 7.01. The standard InChI is InChI=1S/C24H28N2O/c27-23(24(13-14-24)20-9-5-2-6-10-20)25-22-12-11-19-16-26(17-21(19)22)15-18-7-3-1-4-8-18/h1-10,19,21-22H,11-17H2,(H,25,27)/t19-,21+,22+/m0/s1. The molecule has 3 heteroatoms. The van der Waals surface area contributed by atoms with Gasteiger partial charge in [0.25, 0.3) is 0 Å². The zero-order valence-electron chi connectivity index (χ0n) is 15.8. The molecule has 0 unspecified atom stereocenters. The highest BCUT2D eigenvalue weighted by atomic mass is 16.2. The number of hydrogen-bond acceptors (Lipinski definition) is 2. The highest BCUT2D eigenvalue weighted by molar-refractivity contribution is 5.91. The first-order chi connectivity index (χ1) is 13.2. The van der Waals surface area contributed by atoms with Crippen molar-refractivity contribution in [3.63, 3.8) is 0 Å². The number of rotatable bonds is 5. The molecule has 2 aromatic rings. The first kappa shape index (κ1) is 17.0. The van der Waals surface area contributed by atoms with Crippen molar-refractivity contribution in [1.82, 2.24) is 10.2 Å². The van der Waals surface area contributed by atoms with Crippen LogP contribution in [0.15, 0.2) is 60.7 Å². The molecule has 0 spiro atoms. The molecule has 0 aromatic heterocycles. The lowest BCUT2D eigenvalue weighted by molar-refractivity contribution is -0.124. The molecule has 5 rings (SSSR count). The van der Waals surface area contributed by atoms with Gasteiger partial charge in [0.05, 0.1) is 5.41 Å². The SMILES string of the molecule is O=C(N[C@@H]1CC[C@H]2CN(Cc3ccccc3)C[C@H]21)C1(c2ccccc2)CC1. The lowest BCUT2D eigenvalue weighted by atomic mass is 9.93. The van der Waals surface area contributed by atoms with Gasteiger partial charge in [-0.1, -0.05) is 60.7 Å². The van der Waals surface area contributed by atoms with Gasteiger partial charge in [-0.3, -0.25) is 9.69 Å². The summed E-state index contributed by atoms with van der Waals surface area (Å²) in [5, 5.41) is 3.47. The van der Waals surface area contributed by atoms with Crippen molar-refractivity contribution in [3.8, 4) is 0 Å². The van der Waals surface area contributed by atoms with Gasteiger partial charge in [-0.15, -0.1) is 0 Å². The molecule has 3 atom stereocenters. The average Bonchev–Trinajstić information content (AvgIpc) is 3.31.